The number of alkyl carbamates (subject to hydrolysis) is 1. The van der Waals surface area contributed by atoms with Crippen LogP contribution in [0.4, 0.5) is 4.79 Å². The molecule has 0 bridgehead atoms. The first-order valence-corrected chi connectivity index (χ1v) is 5.61. The Balaban J connectivity index is 2.39. The monoisotopic (exact) mass is 231 g/mol. The third-order valence-electron chi connectivity index (χ3n) is 2.37. The van der Waals surface area contributed by atoms with Crippen molar-refractivity contribution in [3.05, 3.63) is 0 Å². The smallest absolute Gasteiger partial charge is 0.407 e. The molecular weight excluding hydrogens is 210 g/mol. The van der Waals surface area contributed by atoms with E-state index in [1.807, 2.05) is 27.7 Å². The molecule has 0 saturated carbocycles. The van der Waals surface area contributed by atoms with Gasteiger partial charge in [0.25, 0.3) is 0 Å². The van der Waals surface area contributed by atoms with Crippen molar-refractivity contribution in [3.63, 3.8) is 0 Å². The predicted octanol–water partition coefficient (Wildman–Crippen LogP) is 1.40. The second-order valence-corrected chi connectivity index (χ2v) is 5.13. The number of hydrogen-bond donors (Lipinski definition) is 2. The highest BCUT2D eigenvalue weighted by Gasteiger charge is 2.29. The van der Waals surface area contributed by atoms with Crippen molar-refractivity contribution in [2.24, 2.45) is 0 Å². The second kappa shape index (κ2) is 5.01. The Morgan fingerprint density at radius 1 is 1.44 bits per heavy atom. The van der Waals surface area contributed by atoms with Crippen LogP contribution in [0.15, 0.2) is 0 Å². The first-order valence-electron chi connectivity index (χ1n) is 5.61. The fraction of sp³-hybridized carbons (Fsp3) is 0.909. The van der Waals surface area contributed by atoms with Gasteiger partial charge in [0.15, 0.2) is 6.29 Å². The molecular formula is C11H21NO4. The molecule has 94 valence electrons. The van der Waals surface area contributed by atoms with Crippen LogP contribution in [0.5, 0.6) is 0 Å². The summed E-state index contributed by atoms with van der Waals surface area (Å²) in [5, 5.41) is 12.0. The van der Waals surface area contributed by atoms with Gasteiger partial charge in [-0.25, -0.2) is 4.79 Å². The Labute approximate surface area is 96.1 Å². The lowest BCUT2D eigenvalue weighted by molar-refractivity contribution is -0.166. The Hall–Kier alpha value is -0.810. The molecule has 3 unspecified atom stereocenters. The number of ether oxygens (including phenoxy) is 2. The van der Waals surface area contributed by atoms with Crippen LogP contribution >= 0.6 is 0 Å². The largest absolute Gasteiger partial charge is 0.444 e. The zero-order chi connectivity index (χ0) is 12.3. The number of nitrogens with one attached hydrogen (secondary N) is 1. The van der Waals surface area contributed by atoms with Crippen molar-refractivity contribution in [2.75, 3.05) is 0 Å². The van der Waals surface area contributed by atoms with Gasteiger partial charge >= 0.3 is 6.09 Å². The number of amides is 1. The van der Waals surface area contributed by atoms with E-state index >= 15 is 0 Å². The topological polar surface area (TPSA) is 67.8 Å². The fourth-order valence-electron chi connectivity index (χ4n) is 1.62. The summed E-state index contributed by atoms with van der Waals surface area (Å²) in [5.41, 5.74) is -0.498. The summed E-state index contributed by atoms with van der Waals surface area (Å²) in [6.45, 7) is 7.27. The van der Waals surface area contributed by atoms with Crippen LogP contribution in [0.1, 0.15) is 40.5 Å². The van der Waals surface area contributed by atoms with Gasteiger partial charge in [-0.3, -0.25) is 0 Å². The van der Waals surface area contributed by atoms with Gasteiger partial charge < -0.3 is 19.9 Å². The summed E-state index contributed by atoms with van der Waals surface area (Å²) >= 11 is 0. The molecule has 0 aromatic rings. The summed E-state index contributed by atoms with van der Waals surface area (Å²) < 4.78 is 10.4. The highest BCUT2D eigenvalue weighted by Crippen LogP contribution is 2.18. The summed E-state index contributed by atoms with van der Waals surface area (Å²) in [4.78, 5) is 11.5. The zero-order valence-corrected chi connectivity index (χ0v) is 10.3. The van der Waals surface area contributed by atoms with Gasteiger partial charge in [0.2, 0.25) is 0 Å². The van der Waals surface area contributed by atoms with Gasteiger partial charge in [-0.15, -0.1) is 0 Å². The molecule has 0 spiro atoms. The van der Waals surface area contributed by atoms with Crippen molar-refractivity contribution in [1.82, 2.24) is 5.32 Å². The Kier molecular flexibility index (Phi) is 4.15. The number of carbonyl (C=O) groups is 1. The van der Waals surface area contributed by atoms with Gasteiger partial charge in [-0.05, 0) is 34.1 Å². The summed E-state index contributed by atoms with van der Waals surface area (Å²) in [5.74, 6) is 0. The molecule has 3 atom stereocenters. The van der Waals surface area contributed by atoms with Gasteiger partial charge in [-0.1, -0.05) is 0 Å². The number of hydrogen-bond acceptors (Lipinski definition) is 4. The van der Waals surface area contributed by atoms with Crippen LogP contribution < -0.4 is 5.32 Å². The van der Waals surface area contributed by atoms with Gasteiger partial charge in [0, 0.05) is 6.42 Å². The van der Waals surface area contributed by atoms with Gasteiger partial charge in [-0.2, -0.15) is 0 Å². The lowest BCUT2D eigenvalue weighted by Gasteiger charge is -2.33. The molecule has 16 heavy (non-hydrogen) atoms. The number of rotatable bonds is 1. The Bertz CT molecular complexity index is 249. The van der Waals surface area contributed by atoms with E-state index in [4.69, 9.17) is 9.47 Å². The normalized spacial score (nSPS) is 30.9. The Morgan fingerprint density at radius 3 is 2.56 bits per heavy atom. The van der Waals surface area contributed by atoms with Crippen LogP contribution in [-0.2, 0) is 9.47 Å². The third-order valence-corrected chi connectivity index (χ3v) is 2.37. The van der Waals surface area contributed by atoms with E-state index in [0.717, 1.165) is 0 Å². The maximum Gasteiger partial charge on any atom is 0.407 e. The molecule has 5 heteroatoms. The number of aliphatic hydroxyl groups excluding tert-OH is 1. The molecule has 1 fully saturated rings. The molecule has 2 N–H and O–H groups in total. The van der Waals surface area contributed by atoms with Crippen LogP contribution in [0.25, 0.3) is 0 Å². The SMILES string of the molecule is CC1OC(O)CCC1NC(=O)OC(C)(C)C. The zero-order valence-electron chi connectivity index (χ0n) is 10.3. The molecule has 1 aliphatic heterocycles. The van der Waals surface area contributed by atoms with Crippen molar-refractivity contribution < 1.29 is 19.4 Å². The van der Waals surface area contributed by atoms with E-state index < -0.39 is 18.0 Å². The molecule has 1 saturated heterocycles. The maximum absolute atomic E-state index is 11.5. The molecule has 0 aromatic carbocycles. The van der Waals surface area contributed by atoms with Crippen molar-refractivity contribution in [3.8, 4) is 0 Å². The van der Waals surface area contributed by atoms with Crippen LogP contribution in [-0.4, -0.2) is 35.2 Å². The van der Waals surface area contributed by atoms with E-state index in [9.17, 15) is 9.90 Å². The lowest BCUT2D eigenvalue weighted by Crippen LogP contribution is -2.49. The van der Waals surface area contributed by atoms with Gasteiger partial charge in [0.1, 0.15) is 5.60 Å². The average Bonchev–Trinajstić information content (AvgIpc) is 2.06. The minimum absolute atomic E-state index is 0.0988. The average molecular weight is 231 g/mol. The quantitative estimate of drug-likeness (QED) is 0.715. The van der Waals surface area contributed by atoms with Crippen LogP contribution in [0, 0.1) is 0 Å². The molecule has 1 aliphatic rings. The van der Waals surface area contributed by atoms with Crippen molar-refractivity contribution in [1.29, 1.82) is 0 Å². The third kappa shape index (κ3) is 4.37. The number of aliphatic hydroxyl groups is 1. The second-order valence-electron chi connectivity index (χ2n) is 5.13. The summed E-state index contributed by atoms with van der Waals surface area (Å²) in [6.07, 6.45) is -0.126. The van der Waals surface area contributed by atoms with E-state index in [1.165, 1.54) is 0 Å². The van der Waals surface area contributed by atoms with E-state index in [2.05, 4.69) is 5.32 Å². The summed E-state index contributed by atoms with van der Waals surface area (Å²) in [7, 11) is 0. The first kappa shape index (κ1) is 13.3. The number of carbonyl (C=O) groups excluding carboxylic acids is 1. The van der Waals surface area contributed by atoms with Crippen LogP contribution in [0.3, 0.4) is 0 Å². The highest BCUT2D eigenvalue weighted by molar-refractivity contribution is 5.68. The minimum Gasteiger partial charge on any atom is -0.444 e. The first-order chi connectivity index (χ1) is 7.28. The molecule has 5 nitrogen and oxygen atoms in total. The van der Waals surface area contributed by atoms with Crippen molar-refractivity contribution >= 4 is 6.09 Å². The van der Waals surface area contributed by atoms with Crippen molar-refractivity contribution in [2.45, 2.75) is 64.6 Å². The molecule has 0 aromatic heterocycles. The fourth-order valence-corrected chi connectivity index (χ4v) is 1.62. The molecule has 0 aliphatic carbocycles. The predicted molar refractivity (Wildman–Crippen MR) is 58.9 cm³/mol. The molecule has 1 heterocycles. The van der Waals surface area contributed by atoms with E-state index in [0.29, 0.717) is 12.8 Å². The van der Waals surface area contributed by atoms with E-state index in [-0.39, 0.29) is 12.1 Å². The standard InChI is InChI=1S/C11H21NO4/c1-7-8(5-6-9(13)15-7)12-10(14)16-11(2,3)4/h7-9,13H,5-6H2,1-4H3,(H,12,14). The molecule has 1 amide bonds. The van der Waals surface area contributed by atoms with Gasteiger partial charge in [0.05, 0.1) is 12.1 Å². The lowest BCUT2D eigenvalue weighted by atomic mass is 10.0. The summed E-state index contributed by atoms with van der Waals surface area (Å²) in [6, 6.07) is -0.0988. The molecule has 0 radical (unpaired) electrons. The highest BCUT2D eigenvalue weighted by atomic mass is 16.6. The minimum atomic E-state index is -0.716. The van der Waals surface area contributed by atoms with E-state index in [1.54, 1.807) is 0 Å². The maximum atomic E-state index is 11.5. The Morgan fingerprint density at radius 2 is 2.06 bits per heavy atom. The van der Waals surface area contributed by atoms with Crippen LogP contribution in [0.2, 0.25) is 0 Å². The molecule has 1 rings (SSSR count).